The maximum absolute atomic E-state index is 4.74. The van der Waals surface area contributed by atoms with Gasteiger partial charge in [-0.3, -0.25) is 0 Å². The molecule has 0 radical (unpaired) electrons. The predicted octanol–water partition coefficient (Wildman–Crippen LogP) is 2.10. The molecule has 4 heteroatoms. The van der Waals surface area contributed by atoms with Crippen LogP contribution in [0.25, 0.3) is 10.7 Å². The van der Waals surface area contributed by atoms with E-state index in [1.54, 1.807) is 0 Å². The van der Waals surface area contributed by atoms with Gasteiger partial charge in [-0.2, -0.15) is 0 Å². The second-order valence-corrected chi connectivity index (χ2v) is 5.51. The summed E-state index contributed by atoms with van der Waals surface area (Å²) in [6.45, 7) is 4.11. The summed E-state index contributed by atoms with van der Waals surface area (Å²) >= 11 is 1.81. The molecule has 0 aromatic carbocycles. The lowest BCUT2D eigenvalue weighted by atomic mass is 10.2. The van der Waals surface area contributed by atoms with Gasteiger partial charge >= 0.3 is 0 Å². The fourth-order valence-corrected chi connectivity index (χ4v) is 3.12. The SMILES string of the molecule is Cc1ccc(-c2nc3c(n2C)CCNC3)s1. The lowest BCUT2D eigenvalue weighted by Crippen LogP contribution is -2.24. The first kappa shape index (κ1) is 10.1. The average Bonchev–Trinajstić information content (AvgIpc) is 2.84. The Balaban J connectivity index is 2.11. The van der Waals surface area contributed by atoms with Crippen molar-refractivity contribution in [2.45, 2.75) is 19.9 Å². The zero-order valence-electron chi connectivity index (χ0n) is 9.58. The zero-order chi connectivity index (χ0) is 11.1. The average molecular weight is 233 g/mol. The molecule has 0 atom stereocenters. The van der Waals surface area contributed by atoms with Crippen molar-refractivity contribution in [1.29, 1.82) is 0 Å². The molecule has 3 nitrogen and oxygen atoms in total. The molecule has 2 aromatic heterocycles. The molecule has 0 spiro atoms. The molecule has 3 rings (SSSR count). The first-order chi connectivity index (χ1) is 7.75. The van der Waals surface area contributed by atoms with E-state index in [1.807, 2.05) is 11.3 Å². The largest absolute Gasteiger partial charge is 0.330 e. The van der Waals surface area contributed by atoms with Gasteiger partial charge in [-0.05, 0) is 19.1 Å². The van der Waals surface area contributed by atoms with E-state index < -0.39 is 0 Å². The maximum atomic E-state index is 4.74. The normalized spacial score (nSPS) is 15.1. The standard InChI is InChI=1S/C12H15N3S/c1-8-3-4-11(16-8)12-14-9-7-13-6-5-10(9)15(12)2/h3-4,13H,5-7H2,1-2H3. The van der Waals surface area contributed by atoms with E-state index in [0.29, 0.717) is 0 Å². The van der Waals surface area contributed by atoms with Crippen LogP contribution in [0.4, 0.5) is 0 Å². The number of hydrogen-bond acceptors (Lipinski definition) is 3. The highest BCUT2D eigenvalue weighted by molar-refractivity contribution is 7.15. The summed E-state index contributed by atoms with van der Waals surface area (Å²) in [5.41, 5.74) is 2.61. The molecule has 84 valence electrons. The Morgan fingerprint density at radius 1 is 1.44 bits per heavy atom. The predicted molar refractivity (Wildman–Crippen MR) is 66.7 cm³/mol. The minimum Gasteiger partial charge on any atom is -0.330 e. The van der Waals surface area contributed by atoms with Crippen LogP contribution in [0.1, 0.15) is 16.3 Å². The molecule has 0 fully saturated rings. The molecule has 0 saturated carbocycles. The molecular weight excluding hydrogens is 218 g/mol. The summed E-state index contributed by atoms with van der Waals surface area (Å²) in [6.07, 6.45) is 1.09. The van der Waals surface area contributed by atoms with Crippen LogP contribution in [-0.2, 0) is 20.0 Å². The summed E-state index contributed by atoms with van der Waals surface area (Å²) in [6, 6.07) is 4.33. The summed E-state index contributed by atoms with van der Waals surface area (Å²) < 4.78 is 2.25. The maximum Gasteiger partial charge on any atom is 0.150 e. The van der Waals surface area contributed by atoms with Gasteiger partial charge in [0, 0.05) is 37.1 Å². The molecule has 1 aliphatic rings. The second kappa shape index (κ2) is 3.71. The first-order valence-electron chi connectivity index (χ1n) is 5.57. The van der Waals surface area contributed by atoms with E-state index in [2.05, 4.69) is 36.0 Å². The number of nitrogens with one attached hydrogen (secondary N) is 1. The number of aromatic nitrogens is 2. The van der Waals surface area contributed by atoms with E-state index >= 15 is 0 Å². The van der Waals surface area contributed by atoms with E-state index in [4.69, 9.17) is 4.98 Å². The van der Waals surface area contributed by atoms with Crippen LogP contribution in [0.15, 0.2) is 12.1 Å². The van der Waals surface area contributed by atoms with Crippen LogP contribution < -0.4 is 5.32 Å². The third-order valence-electron chi connectivity index (χ3n) is 3.09. The highest BCUT2D eigenvalue weighted by atomic mass is 32.1. The van der Waals surface area contributed by atoms with Gasteiger partial charge in [0.05, 0.1) is 10.6 Å². The number of fused-ring (bicyclic) bond motifs is 1. The molecule has 0 amide bonds. The van der Waals surface area contributed by atoms with Crippen LogP contribution in [0.5, 0.6) is 0 Å². The van der Waals surface area contributed by atoms with Crippen molar-refractivity contribution in [2.24, 2.45) is 7.05 Å². The summed E-state index contributed by atoms with van der Waals surface area (Å²) in [5.74, 6) is 1.12. The van der Waals surface area contributed by atoms with Crippen molar-refractivity contribution in [3.05, 3.63) is 28.4 Å². The van der Waals surface area contributed by atoms with Gasteiger partial charge in [0.1, 0.15) is 5.82 Å². The third-order valence-corrected chi connectivity index (χ3v) is 4.08. The number of rotatable bonds is 1. The Morgan fingerprint density at radius 2 is 2.31 bits per heavy atom. The highest BCUT2D eigenvalue weighted by Gasteiger charge is 2.18. The summed E-state index contributed by atoms with van der Waals surface area (Å²) in [4.78, 5) is 7.36. The lowest BCUT2D eigenvalue weighted by molar-refractivity contribution is 0.612. The Kier molecular flexibility index (Phi) is 2.33. The van der Waals surface area contributed by atoms with Gasteiger partial charge in [-0.1, -0.05) is 0 Å². The van der Waals surface area contributed by atoms with Crippen LogP contribution in [0, 0.1) is 6.92 Å². The smallest absolute Gasteiger partial charge is 0.150 e. The molecule has 2 aromatic rings. The quantitative estimate of drug-likeness (QED) is 0.817. The van der Waals surface area contributed by atoms with Crippen LogP contribution in [0.3, 0.4) is 0 Å². The fraction of sp³-hybridized carbons (Fsp3) is 0.417. The summed E-state index contributed by atoms with van der Waals surface area (Å²) in [7, 11) is 2.13. The highest BCUT2D eigenvalue weighted by Crippen LogP contribution is 2.29. The number of nitrogens with zero attached hydrogens (tertiary/aromatic N) is 2. The molecule has 3 heterocycles. The van der Waals surface area contributed by atoms with Crippen LogP contribution in [0.2, 0.25) is 0 Å². The Hall–Kier alpha value is -1.13. The molecular formula is C12H15N3S. The number of aryl methyl sites for hydroxylation is 1. The zero-order valence-corrected chi connectivity index (χ0v) is 10.4. The number of hydrogen-bond donors (Lipinski definition) is 1. The fourth-order valence-electron chi connectivity index (χ4n) is 2.23. The second-order valence-electron chi connectivity index (χ2n) is 4.22. The van der Waals surface area contributed by atoms with Crippen LogP contribution >= 0.6 is 11.3 Å². The van der Waals surface area contributed by atoms with Crippen molar-refractivity contribution in [3.63, 3.8) is 0 Å². The van der Waals surface area contributed by atoms with Gasteiger partial charge in [0.2, 0.25) is 0 Å². The van der Waals surface area contributed by atoms with Gasteiger partial charge < -0.3 is 9.88 Å². The van der Waals surface area contributed by atoms with Crippen molar-refractivity contribution < 1.29 is 0 Å². The summed E-state index contributed by atoms with van der Waals surface area (Å²) in [5, 5.41) is 3.37. The van der Waals surface area contributed by atoms with Gasteiger partial charge in [0.15, 0.2) is 0 Å². The third kappa shape index (κ3) is 1.49. The molecule has 1 aliphatic heterocycles. The Morgan fingerprint density at radius 3 is 3.00 bits per heavy atom. The Labute approximate surface area is 99.1 Å². The first-order valence-corrected chi connectivity index (χ1v) is 6.39. The van der Waals surface area contributed by atoms with E-state index in [9.17, 15) is 0 Å². The van der Waals surface area contributed by atoms with E-state index in [0.717, 1.165) is 25.3 Å². The molecule has 0 saturated heterocycles. The van der Waals surface area contributed by atoms with E-state index in [-0.39, 0.29) is 0 Å². The van der Waals surface area contributed by atoms with Gasteiger partial charge in [-0.25, -0.2) is 4.98 Å². The Bertz CT molecular complexity index is 524. The van der Waals surface area contributed by atoms with E-state index in [1.165, 1.54) is 21.1 Å². The molecule has 0 aliphatic carbocycles. The lowest BCUT2D eigenvalue weighted by Gasteiger charge is -2.12. The minimum atomic E-state index is 0.910. The minimum absolute atomic E-state index is 0.910. The number of thiophene rings is 1. The van der Waals surface area contributed by atoms with Crippen LogP contribution in [-0.4, -0.2) is 16.1 Å². The van der Waals surface area contributed by atoms with Crippen molar-refractivity contribution in [2.75, 3.05) is 6.54 Å². The van der Waals surface area contributed by atoms with Gasteiger partial charge in [0.25, 0.3) is 0 Å². The monoisotopic (exact) mass is 233 g/mol. The molecule has 1 N–H and O–H groups in total. The topological polar surface area (TPSA) is 29.9 Å². The molecule has 0 bridgehead atoms. The molecule has 0 unspecified atom stereocenters. The number of imidazole rings is 1. The van der Waals surface area contributed by atoms with Crippen molar-refractivity contribution in [1.82, 2.24) is 14.9 Å². The van der Waals surface area contributed by atoms with Gasteiger partial charge in [-0.15, -0.1) is 11.3 Å². The van der Waals surface area contributed by atoms with Crippen molar-refractivity contribution >= 4 is 11.3 Å². The van der Waals surface area contributed by atoms with Crippen molar-refractivity contribution in [3.8, 4) is 10.7 Å². The molecule has 16 heavy (non-hydrogen) atoms.